The molecule has 1 saturated heterocycles. The molecule has 162 valence electrons. The van der Waals surface area contributed by atoms with Crippen LogP contribution in [0.5, 0.6) is 0 Å². The first-order valence-electron chi connectivity index (χ1n) is 11.3. The third-order valence-corrected chi connectivity index (χ3v) is 6.21. The maximum absolute atomic E-state index is 12.7. The minimum atomic E-state index is 0.208. The van der Waals surface area contributed by atoms with Gasteiger partial charge in [0.25, 0.3) is 0 Å². The molecule has 0 bridgehead atoms. The van der Waals surface area contributed by atoms with Crippen molar-refractivity contribution < 1.29 is 4.79 Å². The lowest BCUT2D eigenvalue weighted by molar-refractivity contribution is -0.120. The van der Waals surface area contributed by atoms with Gasteiger partial charge in [0.05, 0.1) is 30.0 Å². The highest BCUT2D eigenvalue weighted by molar-refractivity contribution is 5.83. The molecule has 1 aliphatic heterocycles. The number of nitrogens with zero attached hydrogens (tertiary/aromatic N) is 3. The van der Waals surface area contributed by atoms with E-state index in [9.17, 15) is 4.79 Å². The number of aromatic nitrogens is 2. The monoisotopic (exact) mass is 424 g/mol. The maximum Gasteiger partial charge on any atom is 0.154 e. The Morgan fingerprint density at radius 2 is 1.41 bits per heavy atom. The first kappa shape index (κ1) is 20.6. The third-order valence-electron chi connectivity index (χ3n) is 6.21. The second-order valence-electron chi connectivity index (χ2n) is 8.45. The van der Waals surface area contributed by atoms with Gasteiger partial charge in [0, 0.05) is 26.2 Å². The van der Waals surface area contributed by atoms with E-state index in [1.807, 2.05) is 24.3 Å². The van der Waals surface area contributed by atoms with E-state index in [1.165, 1.54) is 11.1 Å². The average Bonchev–Trinajstić information content (AvgIpc) is 3.24. The molecule has 1 N–H and O–H groups in total. The zero-order valence-corrected chi connectivity index (χ0v) is 18.2. The van der Waals surface area contributed by atoms with Gasteiger partial charge in [0.1, 0.15) is 5.82 Å². The van der Waals surface area contributed by atoms with Crippen LogP contribution in [0, 0.1) is 0 Å². The number of hydrogen-bond donors (Lipinski definition) is 1. The number of ketones is 1. The molecule has 2 heterocycles. The molecule has 1 aromatic heterocycles. The Morgan fingerprint density at radius 1 is 0.812 bits per heavy atom. The van der Waals surface area contributed by atoms with Crippen molar-refractivity contribution in [2.75, 3.05) is 32.7 Å². The number of piperazine rings is 1. The van der Waals surface area contributed by atoms with Crippen LogP contribution < -0.4 is 0 Å². The van der Waals surface area contributed by atoms with E-state index >= 15 is 0 Å². The molecule has 0 spiro atoms. The SMILES string of the molecule is O=C(Cc1nc2ccccc2[nH]1)CN1CCN(C(c2ccccc2)c2ccccc2)CC1. The van der Waals surface area contributed by atoms with E-state index in [-0.39, 0.29) is 11.8 Å². The van der Waals surface area contributed by atoms with E-state index in [2.05, 4.69) is 80.4 Å². The summed E-state index contributed by atoms with van der Waals surface area (Å²) in [4.78, 5) is 25.3. The van der Waals surface area contributed by atoms with Gasteiger partial charge in [-0.15, -0.1) is 0 Å². The Balaban J connectivity index is 1.21. The molecule has 0 radical (unpaired) electrons. The van der Waals surface area contributed by atoms with Crippen LogP contribution in [-0.4, -0.2) is 58.3 Å². The molecule has 0 aliphatic carbocycles. The maximum atomic E-state index is 12.7. The highest BCUT2D eigenvalue weighted by Crippen LogP contribution is 2.29. The number of hydrogen-bond acceptors (Lipinski definition) is 4. The van der Waals surface area contributed by atoms with Crippen LogP contribution in [0.25, 0.3) is 11.0 Å². The topological polar surface area (TPSA) is 52.2 Å². The van der Waals surface area contributed by atoms with Gasteiger partial charge in [-0.3, -0.25) is 14.6 Å². The number of carbonyl (C=O) groups excluding carboxylic acids is 1. The molecule has 1 fully saturated rings. The minimum Gasteiger partial charge on any atom is -0.342 e. The summed E-state index contributed by atoms with van der Waals surface area (Å²) in [6, 6.07) is 29.5. The van der Waals surface area contributed by atoms with Crippen LogP contribution in [0.4, 0.5) is 0 Å². The Morgan fingerprint density at radius 3 is 2.03 bits per heavy atom. The van der Waals surface area contributed by atoms with E-state index in [1.54, 1.807) is 0 Å². The fourth-order valence-corrected chi connectivity index (χ4v) is 4.65. The molecule has 0 unspecified atom stereocenters. The summed E-state index contributed by atoms with van der Waals surface area (Å²) < 4.78 is 0. The number of Topliss-reactive ketones (excluding diaryl/α,β-unsaturated/α-hetero) is 1. The highest BCUT2D eigenvalue weighted by Gasteiger charge is 2.27. The van der Waals surface area contributed by atoms with Crippen molar-refractivity contribution in [1.82, 2.24) is 19.8 Å². The Kier molecular flexibility index (Phi) is 6.10. The molecule has 3 aromatic carbocycles. The molecule has 5 nitrogen and oxygen atoms in total. The number of imidazole rings is 1. The quantitative estimate of drug-likeness (QED) is 0.486. The summed E-state index contributed by atoms with van der Waals surface area (Å²) in [5.41, 5.74) is 4.52. The van der Waals surface area contributed by atoms with Gasteiger partial charge >= 0.3 is 0 Å². The van der Waals surface area contributed by atoms with Crippen molar-refractivity contribution in [3.8, 4) is 0 Å². The molecule has 5 heteroatoms. The van der Waals surface area contributed by atoms with Gasteiger partial charge in [0.15, 0.2) is 5.78 Å². The van der Waals surface area contributed by atoms with Crippen LogP contribution in [-0.2, 0) is 11.2 Å². The molecule has 5 rings (SSSR count). The van der Waals surface area contributed by atoms with E-state index in [4.69, 9.17) is 0 Å². The van der Waals surface area contributed by atoms with Gasteiger partial charge in [-0.05, 0) is 23.3 Å². The number of carbonyl (C=O) groups is 1. The lowest BCUT2D eigenvalue weighted by Gasteiger charge is -2.39. The summed E-state index contributed by atoms with van der Waals surface area (Å²) in [7, 11) is 0. The molecule has 0 amide bonds. The van der Waals surface area contributed by atoms with Crippen molar-refractivity contribution in [3.63, 3.8) is 0 Å². The second-order valence-corrected chi connectivity index (χ2v) is 8.45. The molecule has 0 saturated carbocycles. The van der Waals surface area contributed by atoms with Crippen molar-refractivity contribution in [2.45, 2.75) is 12.5 Å². The molecule has 0 atom stereocenters. The predicted molar refractivity (Wildman–Crippen MR) is 128 cm³/mol. The van der Waals surface area contributed by atoms with Crippen LogP contribution >= 0.6 is 0 Å². The Hall–Kier alpha value is -3.28. The first-order valence-corrected chi connectivity index (χ1v) is 11.3. The number of aromatic amines is 1. The summed E-state index contributed by atoms with van der Waals surface area (Å²) in [5.74, 6) is 0.961. The Labute approximate surface area is 188 Å². The van der Waals surface area contributed by atoms with E-state index in [0.717, 1.165) is 43.0 Å². The number of fused-ring (bicyclic) bond motifs is 1. The zero-order chi connectivity index (χ0) is 21.8. The van der Waals surface area contributed by atoms with Gasteiger partial charge in [-0.1, -0.05) is 72.8 Å². The van der Waals surface area contributed by atoms with Crippen LogP contribution in [0.1, 0.15) is 23.0 Å². The summed E-state index contributed by atoms with van der Waals surface area (Å²) in [6.45, 7) is 4.13. The van der Waals surface area contributed by atoms with Crippen molar-refractivity contribution in [2.24, 2.45) is 0 Å². The van der Waals surface area contributed by atoms with Crippen molar-refractivity contribution >= 4 is 16.8 Å². The van der Waals surface area contributed by atoms with Crippen LogP contribution in [0.3, 0.4) is 0 Å². The number of nitrogens with one attached hydrogen (secondary N) is 1. The van der Waals surface area contributed by atoms with Crippen LogP contribution in [0.2, 0.25) is 0 Å². The molecule has 32 heavy (non-hydrogen) atoms. The fraction of sp³-hybridized carbons (Fsp3) is 0.259. The Bertz CT molecular complexity index is 1090. The summed E-state index contributed by atoms with van der Waals surface area (Å²) in [6.07, 6.45) is 0.353. The van der Waals surface area contributed by atoms with Crippen molar-refractivity contribution in [1.29, 1.82) is 0 Å². The van der Waals surface area contributed by atoms with E-state index < -0.39 is 0 Å². The average molecular weight is 425 g/mol. The summed E-state index contributed by atoms with van der Waals surface area (Å²) in [5, 5.41) is 0. The smallest absolute Gasteiger partial charge is 0.154 e. The predicted octanol–water partition coefficient (Wildman–Crippen LogP) is 4.08. The summed E-state index contributed by atoms with van der Waals surface area (Å²) >= 11 is 0. The zero-order valence-electron chi connectivity index (χ0n) is 18.2. The van der Waals surface area contributed by atoms with Gasteiger partial charge < -0.3 is 4.98 Å². The number of H-pyrrole nitrogens is 1. The van der Waals surface area contributed by atoms with Gasteiger partial charge in [0.2, 0.25) is 0 Å². The number of para-hydroxylation sites is 2. The number of benzene rings is 3. The van der Waals surface area contributed by atoms with Crippen LogP contribution in [0.15, 0.2) is 84.9 Å². The standard InChI is InChI=1S/C27H28N4O/c32-23(19-26-28-24-13-7-8-14-25(24)29-26)20-30-15-17-31(18-16-30)27(21-9-3-1-4-10-21)22-11-5-2-6-12-22/h1-14,27H,15-20H2,(H,28,29). The minimum absolute atomic E-state index is 0.208. The van der Waals surface area contributed by atoms with Gasteiger partial charge in [-0.2, -0.15) is 0 Å². The molecule has 1 aliphatic rings. The largest absolute Gasteiger partial charge is 0.342 e. The van der Waals surface area contributed by atoms with Crippen molar-refractivity contribution in [3.05, 3.63) is 102 Å². The third kappa shape index (κ3) is 4.64. The fourth-order valence-electron chi connectivity index (χ4n) is 4.65. The lowest BCUT2D eigenvalue weighted by Crippen LogP contribution is -2.49. The normalized spacial score (nSPS) is 15.4. The number of rotatable bonds is 7. The van der Waals surface area contributed by atoms with Gasteiger partial charge in [-0.25, -0.2) is 4.98 Å². The second kappa shape index (κ2) is 9.47. The highest BCUT2D eigenvalue weighted by atomic mass is 16.1. The first-order chi connectivity index (χ1) is 15.8. The van der Waals surface area contributed by atoms with E-state index in [0.29, 0.717) is 13.0 Å². The lowest BCUT2D eigenvalue weighted by atomic mass is 9.96. The molecular weight excluding hydrogens is 396 g/mol. The molecule has 4 aromatic rings. The molecular formula is C27H28N4O.